The Morgan fingerprint density at radius 2 is 0.654 bits per heavy atom. The Balaban J connectivity index is 1.30. The maximum absolute atomic E-state index is 2.47. The van der Waals surface area contributed by atoms with Crippen LogP contribution in [0.2, 0.25) is 0 Å². The highest BCUT2D eigenvalue weighted by Crippen LogP contribution is 2.48. The van der Waals surface area contributed by atoms with Crippen LogP contribution in [0.15, 0.2) is 194 Å². The third-order valence-corrected chi connectivity index (χ3v) is 11.2. The van der Waals surface area contributed by atoms with Gasteiger partial charge >= 0.3 is 0 Å². The summed E-state index contributed by atoms with van der Waals surface area (Å²) in [7, 11) is 0. The summed E-state index contributed by atoms with van der Waals surface area (Å²) in [6, 6.07) is 72.0. The third kappa shape index (κ3) is 4.28. The zero-order valence-electron chi connectivity index (χ0n) is 28.5. The Morgan fingerprint density at radius 3 is 1.29 bits per heavy atom. The van der Waals surface area contributed by atoms with Crippen molar-refractivity contribution in [3.05, 3.63) is 194 Å². The molecule has 0 fully saturated rings. The van der Waals surface area contributed by atoms with Crippen molar-refractivity contribution in [2.45, 2.75) is 0 Å². The van der Waals surface area contributed by atoms with E-state index in [-0.39, 0.29) is 0 Å². The summed E-state index contributed by atoms with van der Waals surface area (Å²) in [5.41, 5.74) is 7.57. The van der Waals surface area contributed by atoms with E-state index < -0.39 is 0 Å². The Morgan fingerprint density at radius 1 is 0.212 bits per heavy atom. The van der Waals surface area contributed by atoms with Crippen molar-refractivity contribution in [1.82, 2.24) is 0 Å². The second-order valence-corrected chi connectivity index (χ2v) is 14.0. The van der Waals surface area contributed by atoms with Crippen molar-refractivity contribution in [2.75, 3.05) is 0 Å². The highest BCUT2D eigenvalue weighted by atomic mass is 14.2. The first kappa shape index (κ1) is 29.0. The van der Waals surface area contributed by atoms with Gasteiger partial charge < -0.3 is 0 Å². The lowest BCUT2D eigenvalue weighted by molar-refractivity contribution is 1.67. The van der Waals surface area contributed by atoms with Crippen LogP contribution in [0.25, 0.3) is 109 Å². The maximum Gasteiger partial charge on any atom is -0.00199 e. The Kier molecular flexibility index (Phi) is 6.35. The van der Waals surface area contributed by atoms with Gasteiger partial charge in [0.05, 0.1) is 0 Å². The topological polar surface area (TPSA) is 0 Å². The molecule has 0 aliphatic heterocycles. The molecule has 0 N–H and O–H groups in total. The van der Waals surface area contributed by atoms with Gasteiger partial charge in [0.1, 0.15) is 0 Å². The van der Waals surface area contributed by atoms with E-state index in [9.17, 15) is 0 Å². The minimum Gasteiger partial charge on any atom is -0.0616 e. The van der Waals surface area contributed by atoms with Crippen LogP contribution in [0.3, 0.4) is 0 Å². The minimum absolute atomic E-state index is 1.22. The summed E-state index contributed by atoms with van der Waals surface area (Å²) in [5.74, 6) is 0. The molecule has 240 valence electrons. The van der Waals surface area contributed by atoms with E-state index in [0.717, 1.165) is 0 Å². The lowest BCUT2D eigenvalue weighted by atomic mass is 9.82. The van der Waals surface area contributed by atoms with Gasteiger partial charge in [-0.2, -0.15) is 0 Å². The molecule has 0 saturated carbocycles. The minimum atomic E-state index is 1.22. The molecule has 0 saturated heterocycles. The highest BCUT2D eigenvalue weighted by molar-refractivity contribution is 6.27. The average Bonchev–Trinajstić information content (AvgIpc) is 3.22. The lowest BCUT2D eigenvalue weighted by Gasteiger charge is -2.21. The first-order valence-corrected chi connectivity index (χ1v) is 18.1. The zero-order valence-corrected chi connectivity index (χ0v) is 28.5. The molecule has 0 amide bonds. The summed E-state index contributed by atoms with van der Waals surface area (Å²) in [5, 5.41) is 17.8. The van der Waals surface area contributed by atoms with Crippen LogP contribution in [0.5, 0.6) is 0 Å². The quantitative estimate of drug-likeness (QED) is 0.131. The lowest BCUT2D eigenvalue weighted by Crippen LogP contribution is -1.93. The number of hydrogen-bond donors (Lipinski definition) is 0. The number of benzene rings is 11. The number of rotatable bonds is 3. The van der Waals surface area contributed by atoms with Gasteiger partial charge in [0.25, 0.3) is 0 Å². The number of fused-ring (bicyclic) bond motifs is 9. The van der Waals surface area contributed by atoms with E-state index in [1.165, 1.54) is 109 Å². The van der Waals surface area contributed by atoms with Crippen molar-refractivity contribution >= 4 is 75.4 Å². The van der Waals surface area contributed by atoms with Gasteiger partial charge in [0.2, 0.25) is 0 Å². The second kappa shape index (κ2) is 11.4. The molecule has 11 aromatic carbocycles. The monoisotopic (exact) mass is 656 g/mol. The molecular formula is C52H32. The van der Waals surface area contributed by atoms with Gasteiger partial charge in [0.15, 0.2) is 0 Å². The molecule has 0 heteroatoms. The molecule has 0 aromatic heterocycles. The normalized spacial score (nSPS) is 11.8. The van der Waals surface area contributed by atoms with Gasteiger partial charge in [-0.1, -0.05) is 182 Å². The fourth-order valence-corrected chi connectivity index (χ4v) is 8.93. The molecule has 11 rings (SSSR count). The summed E-state index contributed by atoms with van der Waals surface area (Å²) in [4.78, 5) is 0. The van der Waals surface area contributed by atoms with Crippen LogP contribution >= 0.6 is 0 Å². The molecule has 0 nitrogen and oxygen atoms in total. The summed E-state index contributed by atoms with van der Waals surface area (Å²) >= 11 is 0. The van der Waals surface area contributed by atoms with Crippen LogP contribution in [-0.2, 0) is 0 Å². The summed E-state index contributed by atoms with van der Waals surface area (Å²) in [6.07, 6.45) is 0. The van der Waals surface area contributed by atoms with Crippen molar-refractivity contribution in [3.63, 3.8) is 0 Å². The number of hydrogen-bond acceptors (Lipinski definition) is 0. The van der Waals surface area contributed by atoms with Crippen molar-refractivity contribution in [3.8, 4) is 33.4 Å². The predicted molar refractivity (Wildman–Crippen MR) is 225 cm³/mol. The second-order valence-electron chi connectivity index (χ2n) is 14.0. The van der Waals surface area contributed by atoms with Crippen LogP contribution < -0.4 is 0 Å². The Bertz CT molecular complexity index is 3230. The van der Waals surface area contributed by atoms with E-state index >= 15 is 0 Å². The smallest absolute Gasteiger partial charge is 0.00199 e. The predicted octanol–water partition coefficient (Wildman–Crippen LogP) is 14.8. The molecule has 0 radical (unpaired) electrons. The molecule has 0 heterocycles. The zero-order chi connectivity index (χ0) is 34.2. The molecule has 0 spiro atoms. The molecular weight excluding hydrogens is 625 g/mol. The highest BCUT2D eigenvalue weighted by Gasteiger charge is 2.20. The average molecular weight is 657 g/mol. The van der Waals surface area contributed by atoms with E-state index in [1.807, 2.05) is 0 Å². The molecule has 11 aromatic rings. The van der Waals surface area contributed by atoms with E-state index in [4.69, 9.17) is 0 Å². The standard InChI is InChI=1S/C52H32/c1-4-18-38-33(13-1)16-11-25-42(38)51-45-23-9-10-24-46(45)52(43-26-12-17-34-14-2-5-19-39(34)43)49-31-36(29-30-47(49)51)48-32-37-28-27-35-15-3-6-20-40(35)50(37)44-22-8-7-21-41(44)48/h1-32H. The van der Waals surface area contributed by atoms with Crippen LogP contribution in [0.1, 0.15) is 0 Å². The summed E-state index contributed by atoms with van der Waals surface area (Å²) in [6.45, 7) is 0. The van der Waals surface area contributed by atoms with Gasteiger partial charge in [-0.05, 0) is 121 Å². The van der Waals surface area contributed by atoms with E-state index in [2.05, 4.69) is 194 Å². The van der Waals surface area contributed by atoms with Crippen molar-refractivity contribution in [2.24, 2.45) is 0 Å². The Hall–Kier alpha value is -6.76. The maximum atomic E-state index is 2.47. The first-order chi connectivity index (χ1) is 25.8. The van der Waals surface area contributed by atoms with Gasteiger partial charge in [-0.25, -0.2) is 0 Å². The van der Waals surface area contributed by atoms with Crippen molar-refractivity contribution in [1.29, 1.82) is 0 Å². The Labute approximate surface area is 301 Å². The van der Waals surface area contributed by atoms with Crippen LogP contribution in [-0.4, -0.2) is 0 Å². The molecule has 0 unspecified atom stereocenters. The van der Waals surface area contributed by atoms with Gasteiger partial charge in [-0.15, -0.1) is 0 Å². The molecule has 0 aliphatic carbocycles. The molecule has 0 atom stereocenters. The van der Waals surface area contributed by atoms with Crippen LogP contribution in [0, 0.1) is 0 Å². The SMILES string of the molecule is c1ccc2c(-c3c4ccccc4c(-c4cccc5ccccc45)c4cc(-c5cc6ccc7ccccc7c6c6ccccc56)ccc34)cccc2c1. The fourth-order valence-electron chi connectivity index (χ4n) is 8.93. The molecule has 0 aliphatic rings. The third-order valence-electron chi connectivity index (χ3n) is 11.2. The first-order valence-electron chi connectivity index (χ1n) is 18.1. The van der Waals surface area contributed by atoms with E-state index in [0.29, 0.717) is 0 Å². The van der Waals surface area contributed by atoms with Crippen LogP contribution in [0.4, 0.5) is 0 Å². The van der Waals surface area contributed by atoms with Gasteiger partial charge in [-0.3, -0.25) is 0 Å². The van der Waals surface area contributed by atoms with Gasteiger partial charge in [0, 0.05) is 0 Å². The summed E-state index contributed by atoms with van der Waals surface area (Å²) < 4.78 is 0. The van der Waals surface area contributed by atoms with Crippen molar-refractivity contribution < 1.29 is 0 Å². The molecule has 52 heavy (non-hydrogen) atoms. The largest absolute Gasteiger partial charge is 0.0616 e. The fraction of sp³-hybridized carbons (Fsp3) is 0. The molecule has 0 bridgehead atoms. The van der Waals surface area contributed by atoms with E-state index in [1.54, 1.807) is 0 Å².